The zero-order valence-corrected chi connectivity index (χ0v) is 5.86. The van der Waals surface area contributed by atoms with Gasteiger partial charge in [-0.3, -0.25) is 0 Å². The Balaban J connectivity index is 3.04. The summed E-state index contributed by atoms with van der Waals surface area (Å²) in [5.74, 6) is -0.00568. The lowest BCUT2D eigenvalue weighted by molar-refractivity contribution is 0.471. The molecule has 1 rings (SSSR count). The lowest BCUT2D eigenvalue weighted by Gasteiger charge is -1.98. The molecule has 0 fully saturated rings. The minimum atomic E-state index is -0.456. The maximum atomic E-state index is 12.4. The highest BCUT2D eigenvalue weighted by Crippen LogP contribution is 2.20. The largest absolute Gasteiger partial charge is 0.490 e. The van der Waals surface area contributed by atoms with E-state index < -0.39 is 5.82 Å². The molecule has 1 aromatic rings. The van der Waals surface area contributed by atoms with Crippen LogP contribution >= 0.6 is 11.6 Å². The molecule has 3 heteroatoms. The van der Waals surface area contributed by atoms with Crippen LogP contribution in [-0.2, 0) is 0 Å². The summed E-state index contributed by atoms with van der Waals surface area (Å²) in [4.78, 5) is 0. The summed E-state index contributed by atoms with van der Waals surface area (Å²) < 4.78 is 17.0. The van der Waals surface area contributed by atoms with Crippen molar-refractivity contribution in [3.63, 3.8) is 0 Å². The van der Waals surface area contributed by atoms with Gasteiger partial charge >= 0.3 is 0 Å². The molecule has 0 heterocycles. The molecule has 0 unspecified atom stereocenters. The van der Waals surface area contributed by atoms with Crippen LogP contribution in [0.4, 0.5) is 4.39 Å². The molecule has 1 nitrogen and oxygen atoms in total. The minimum Gasteiger partial charge on any atom is -0.490 e. The Morgan fingerprint density at radius 2 is 2.20 bits per heavy atom. The van der Waals surface area contributed by atoms with Crippen molar-refractivity contribution in [3.05, 3.63) is 36.1 Å². The van der Waals surface area contributed by atoms with Crippen molar-refractivity contribution in [2.24, 2.45) is 0 Å². The number of hydrogen-bond acceptors (Lipinski definition) is 1. The number of benzene rings is 1. The molecule has 0 aromatic heterocycles. The molecule has 53 valence electrons. The lowest BCUT2D eigenvalue weighted by atomic mass is 10.3. The van der Waals surface area contributed by atoms with E-state index in [0.717, 1.165) is 0 Å². The molecule has 0 aliphatic heterocycles. The first-order chi connectivity index (χ1) is 4.74. The Hall–Kier alpha value is -0.760. The predicted octanol–water partition coefficient (Wildman–Crippen LogP) is 2.65. The van der Waals surface area contributed by atoms with Crippen molar-refractivity contribution in [1.29, 1.82) is 0 Å². The molecule has 0 saturated carbocycles. The zero-order valence-electron chi connectivity index (χ0n) is 5.10. The van der Waals surface area contributed by atoms with Gasteiger partial charge in [-0.1, -0.05) is 11.6 Å². The minimum absolute atomic E-state index is 0.0427. The Morgan fingerprint density at radius 3 is 2.70 bits per heavy atom. The average molecular weight is 160 g/mol. The van der Waals surface area contributed by atoms with Gasteiger partial charge in [0.15, 0.2) is 0 Å². The fourth-order valence-corrected chi connectivity index (χ4v) is 0.737. The van der Waals surface area contributed by atoms with E-state index in [-0.39, 0.29) is 5.02 Å². The summed E-state index contributed by atoms with van der Waals surface area (Å²) in [7, 11) is 3.15. The van der Waals surface area contributed by atoms with Crippen molar-refractivity contribution in [3.8, 4) is 5.75 Å². The van der Waals surface area contributed by atoms with Gasteiger partial charge in [0.2, 0.25) is 0 Å². The van der Waals surface area contributed by atoms with E-state index in [9.17, 15) is 4.39 Å². The Bertz CT molecular complexity index is 237. The first-order valence-corrected chi connectivity index (χ1v) is 2.99. The van der Waals surface area contributed by atoms with E-state index in [1.807, 2.05) is 0 Å². The van der Waals surface area contributed by atoms with E-state index in [2.05, 4.69) is 11.8 Å². The molecule has 0 N–H and O–H groups in total. The Morgan fingerprint density at radius 1 is 1.50 bits per heavy atom. The van der Waals surface area contributed by atoms with Crippen molar-refractivity contribution >= 4 is 11.6 Å². The predicted molar refractivity (Wildman–Crippen MR) is 37.4 cm³/mol. The number of rotatable bonds is 1. The second-order valence-electron chi connectivity index (χ2n) is 1.72. The summed E-state index contributed by atoms with van der Waals surface area (Å²) >= 11 is 5.41. The highest BCUT2D eigenvalue weighted by Gasteiger charge is 1.98. The summed E-state index contributed by atoms with van der Waals surface area (Å²) in [6.45, 7) is 0. The second kappa shape index (κ2) is 2.88. The number of ether oxygens (including phenoxy) is 1. The molecule has 0 amide bonds. The molecule has 0 spiro atoms. The van der Waals surface area contributed by atoms with Crippen LogP contribution in [0.15, 0.2) is 18.2 Å². The van der Waals surface area contributed by atoms with Crippen LogP contribution in [0.2, 0.25) is 5.02 Å². The number of halogens is 2. The Kier molecular flexibility index (Phi) is 2.12. The van der Waals surface area contributed by atoms with Gasteiger partial charge < -0.3 is 4.74 Å². The van der Waals surface area contributed by atoms with Gasteiger partial charge in [-0.05, 0) is 12.1 Å². The summed E-state index contributed by atoms with van der Waals surface area (Å²) in [5, 5.41) is 0.0427. The standard InChI is InChI=1S/C7H5ClFO/c1-10-5-2-3-7(9)6(8)4-5/h2-4H,1H2. The van der Waals surface area contributed by atoms with Crippen LogP contribution in [0.1, 0.15) is 0 Å². The summed E-state index contributed by atoms with van der Waals surface area (Å²) in [5.41, 5.74) is 0. The highest BCUT2D eigenvalue weighted by atomic mass is 35.5. The molecule has 1 radical (unpaired) electrons. The van der Waals surface area contributed by atoms with Crippen molar-refractivity contribution < 1.29 is 9.13 Å². The van der Waals surface area contributed by atoms with E-state index >= 15 is 0 Å². The molecule has 0 aliphatic carbocycles. The van der Waals surface area contributed by atoms with Gasteiger partial charge in [-0.2, -0.15) is 0 Å². The van der Waals surface area contributed by atoms with Gasteiger partial charge in [-0.15, -0.1) is 0 Å². The fourth-order valence-electron chi connectivity index (χ4n) is 0.567. The average Bonchev–Trinajstić information content (AvgIpc) is 1.95. The first-order valence-electron chi connectivity index (χ1n) is 2.61. The fraction of sp³-hybridized carbons (Fsp3) is 0. The van der Waals surface area contributed by atoms with Crippen molar-refractivity contribution in [1.82, 2.24) is 0 Å². The summed E-state index contributed by atoms with van der Waals surface area (Å²) in [6.07, 6.45) is 0. The lowest BCUT2D eigenvalue weighted by Crippen LogP contribution is -1.80. The van der Waals surface area contributed by atoms with Gasteiger partial charge in [0.1, 0.15) is 18.7 Å². The molecule has 0 atom stereocenters. The molecule has 0 saturated heterocycles. The molecule has 10 heavy (non-hydrogen) atoms. The van der Waals surface area contributed by atoms with Crippen molar-refractivity contribution in [2.45, 2.75) is 0 Å². The molecule has 1 aromatic carbocycles. The number of hydrogen-bond donors (Lipinski definition) is 0. The SMILES string of the molecule is [CH2]Oc1ccc(F)c(Cl)c1. The van der Waals surface area contributed by atoms with Crippen molar-refractivity contribution in [2.75, 3.05) is 0 Å². The second-order valence-corrected chi connectivity index (χ2v) is 2.13. The van der Waals surface area contributed by atoms with Crippen LogP contribution in [-0.4, -0.2) is 0 Å². The summed E-state index contributed by atoms with van der Waals surface area (Å²) in [6, 6.07) is 4.04. The third-order valence-electron chi connectivity index (χ3n) is 1.06. The van der Waals surface area contributed by atoms with Crippen LogP contribution < -0.4 is 4.74 Å². The van der Waals surface area contributed by atoms with Crippen LogP contribution in [0.3, 0.4) is 0 Å². The third kappa shape index (κ3) is 1.39. The normalized spacial score (nSPS) is 9.50. The smallest absolute Gasteiger partial charge is 0.142 e. The molecule has 0 bridgehead atoms. The van der Waals surface area contributed by atoms with E-state index in [4.69, 9.17) is 11.6 Å². The third-order valence-corrected chi connectivity index (χ3v) is 1.35. The molecular formula is C7H5ClFO. The maximum Gasteiger partial charge on any atom is 0.142 e. The van der Waals surface area contributed by atoms with Gasteiger partial charge in [-0.25, -0.2) is 4.39 Å². The van der Waals surface area contributed by atoms with Crippen LogP contribution in [0.5, 0.6) is 5.75 Å². The van der Waals surface area contributed by atoms with Gasteiger partial charge in [0.05, 0.1) is 5.02 Å². The van der Waals surface area contributed by atoms with Gasteiger partial charge in [0.25, 0.3) is 0 Å². The van der Waals surface area contributed by atoms with Crippen LogP contribution in [0, 0.1) is 12.9 Å². The van der Waals surface area contributed by atoms with Crippen LogP contribution in [0.25, 0.3) is 0 Å². The quantitative estimate of drug-likeness (QED) is 0.612. The monoisotopic (exact) mass is 159 g/mol. The molecule has 0 aliphatic rings. The Labute approximate surface area is 63.4 Å². The van der Waals surface area contributed by atoms with E-state index in [1.165, 1.54) is 18.2 Å². The first kappa shape index (κ1) is 7.35. The maximum absolute atomic E-state index is 12.4. The molecular weight excluding hydrogens is 155 g/mol. The topological polar surface area (TPSA) is 9.23 Å². The zero-order chi connectivity index (χ0) is 7.56. The van der Waals surface area contributed by atoms with Gasteiger partial charge in [0, 0.05) is 6.07 Å². The van der Waals surface area contributed by atoms with E-state index in [0.29, 0.717) is 5.75 Å². The van der Waals surface area contributed by atoms with E-state index in [1.54, 1.807) is 0 Å². The highest BCUT2D eigenvalue weighted by molar-refractivity contribution is 6.30.